The van der Waals surface area contributed by atoms with E-state index in [1.807, 2.05) is 0 Å². The lowest BCUT2D eigenvalue weighted by molar-refractivity contribution is 1.28. The fourth-order valence-electron chi connectivity index (χ4n) is 7.07. The summed E-state index contributed by atoms with van der Waals surface area (Å²) in [6, 6.07) is 73.3. The molecule has 0 heterocycles. The molecular formula is C52H42N2. The van der Waals surface area contributed by atoms with Gasteiger partial charge in [-0.15, -0.1) is 0 Å². The first kappa shape index (κ1) is 34.2. The van der Waals surface area contributed by atoms with Crippen molar-refractivity contribution in [2.24, 2.45) is 0 Å². The molecule has 0 atom stereocenters. The molecule has 0 N–H and O–H groups in total. The van der Waals surface area contributed by atoms with E-state index in [1.165, 1.54) is 44.5 Å². The summed E-state index contributed by atoms with van der Waals surface area (Å²) in [5, 5.41) is 0. The minimum Gasteiger partial charge on any atom is -0.311 e. The number of anilines is 6. The summed E-state index contributed by atoms with van der Waals surface area (Å²) in [5.74, 6) is 0. The monoisotopic (exact) mass is 694 g/mol. The number of hydrogen-bond donors (Lipinski definition) is 0. The molecule has 0 saturated heterocycles. The van der Waals surface area contributed by atoms with Crippen LogP contribution < -0.4 is 9.80 Å². The number of rotatable bonds is 10. The average Bonchev–Trinajstić information content (AvgIpc) is 3.23. The second-order valence-corrected chi connectivity index (χ2v) is 13.6. The third kappa shape index (κ3) is 7.51. The van der Waals surface area contributed by atoms with E-state index in [1.54, 1.807) is 0 Å². The molecule has 0 aliphatic heterocycles. The molecular weight excluding hydrogens is 653 g/mol. The Balaban J connectivity index is 0.977. The molecule has 2 nitrogen and oxygen atoms in total. The van der Waals surface area contributed by atoms with E-state index in [9.17, 15) is 0 Å². The van der Waals surface area contributed by atoms with Crippen LogP contribution in [0.1, 0.15) is 22.3 Å². The SMILES string of the molecule is Cc1cc(-c2ccc(N(c3ccccc3)c3ccccc3)cc2)ccc1/C=C/c1ccc(-c2ccc(N(c3ccccc3)c3ccccc3)cc2)cc1C. The topological polar surface area (TPSA) is 6.48 Å². The second kappa shape index (κ2) is 15.8. The minimum absolute atomic E-state index is 1.13. The van der Waals surface area contributed by atoms with E-state index in [0.29, 0.717) is 0 Å². The van der Waals surface area contributed by atoms with Crippen LogP contribution in [0, 0.1) is 13.8 Å². The quantitative estimate of drug-likeness (QED) is 0.132. The smallest absolute Gasteiger partial charge is 0.0462 e. The maximum Gasteiger partial charge on any atom is 0.0462 e. The van der Waals surface area contributed by atoms with Gasteiger partial charge in [-0.05, 0) is 131 Å². The Morgan fingerprint density at radius 2 is 0.537 bits per heavy atom. The summed E-state index contributed by atoms with van der Waals surface area (Å²) >= 11 is 0. The zero-order chi connectivity index (χ0) is 36.7. The lowest BCUT2D eigenvalue weighted by Crippen LogP contribution is -2.09. The van der Waals surface area contributed by atoms with Crippen LogP contribution in [0.2, 0.25) is 0 Å². The Labute approximate surface area is 319 Å². The lowest BCUT2D eigenvalue weighted by atomic mass is 9.97. The van der Waals surface area contributed by atoms with Gasteiger partial charge in [-0.2, -0.15) is 0 Å². The minimum atomic E-state index is 1.13. The molecule has 0 unspecified atom stereocenters. The number of nitrogens with zero attached hydrogens (tertiary/aromatic N) is 2. The molecule has 0 aliphatic rings. The molecule has 0 bridgehead atoms. The van der Waals surface area contributed by atoms with E-state index in [2.05, 4.69) is 242 Å². The first-order chi connectivity index (χ1) is 26.6. The van der Waals surface area contributed by atoms with Crippen molar-refractivity contribution < 1.29 is 0 Å². The van der Waals surface area contributed by atoms with Crippen molar-refractivity contribution in [3.63, 3.8) is 0 Å². The maximum atomic E-state index is 2.29. The van der Waals surface area contributed by atoms with Gasteiger partial charge < -0.3 is 9.80 Å². The van der Waals surface area contributed by atoms with Gasteiger partial charge in [0.2, 0.25) is 0 Å². The molecule has 54 heavy (non-hydrogen) atoms. The van der Waals surface area contributed by atoms with Crippen LogP contribution in [0.4, 0.5) is 34.1 Å². The molecule has 8 aromatic rings. The van der Waals surface area contributed by atoms with E-state index in [-0.39, 0.29) is 0 Å². The van der Waals surface area contributed by atoms with Crippen molar-refractivity contribution in [1.82, 2.24) is 0 Å². The van der Waals surface area contributed by atoms with Crippen LogP contribution >= 0.6 is 0 Å². The molecule has 0 amide bonds. The van der Waals surface area contributed by atoms with Gasteiger partial charge in [-0.1, -0.05) is 146 Å². The highest BCUT2D eigenvalue weighted by Gasteiger charge is 2.14. The van der Waals surface area contributed by atoms with Gasteiger partial charge in [-0.3, -0.25) is 0 Å². The highest BCUT2D eigenvalue weighted by molar-refractivity contribution is 5.81. The Hall–Kier alpha value is -6.90. The molecule has 0 spiro atoms. The van der Waals surface area contributed by atoms with Crippen LogP contribution in [0.5, 0.6) is 0 Å². The Morgan fingerprint density at radius 1 is 0.278 bits per heavy atom. The van der Waals surface area contributed by atoms with Crippen molar-refractivity contribution in [1.29, 1.82) is 0 Å². The summed E-state index contributed by atoms with van der Waals surface area (Å²) in [5.41, 5.74) is 16.6. The third-order valence-corrected chi connectivity index (χ3v) is 9.96. The molecule has 8 rings (SSSR count). The first-order valence-corrected chi connectivity index (χ1v) is 18.5. The molecule has 260 valence electrons. The summed E-state index contributed by atoms with van der Waals surface area (Å²) in [6.07, 6.45) is 4.47. The van der Waals surface area contributed by atoms with Gasteiger partial charge in [0.1, 0.15) is 0 Å². The highest BCUT2D eigenvalue weighted by Crippen LogP contribution is 2.37. The van der Waals surface area contributed by atoms with Crippen LogP contribution in [-0.2, 0) is 0 Å². The van der Waals surface area contributed by atoms with Crippen molar-refractivity contribution >= 4 is 46.3 Å². The highest BCUT2D eigenvalue weighted by atomic mass is 15.1. The molecule has 0 fully saturated rings. The number of hydrogen-bond acceptors (Lipinski definition) is 2. The van der Waals surface area contributed by atoms with Gasteiger partial charge in [0.25, 0.3) is 0 Å². The zero-order valence-corrected chi connectivity index (χ0v) is 30.7. The van der Waals surface area contributed by atoms with Gasteiger partial charge in [0, 0.05) is 34.1 Å². The second-order valence-electron chi connectivity index (χ2n) is 13.6. The average molecular weight is 695 g/mol. The number of para-hydroxylation sites is 4. The van der Waals surface area contributed by atoms with E-state index < -0.39 is 0 Å². The predicted molar refractivity (Wildman–Crippen MR) is 232 cm³/mol. The van der Waals surface area contributed by atoms with Crippen LogP contribution in [-0.4, -0.2) is 0 Å². The summed E-state index contributed by atoms with van der Waals surface area (Å²) in [6.45, 7) is 4.39. The third-order valence-electron chi connectivity index (χ3n) is 9.96. The van der Waals surface area contributed by atoms with Crippen molar-refractivity contribution in [2.75, 3.05) is 9.80 Å². The zero-order valence-electron chi connectivity index (χ0n) is 30.7. The number of benzene rings is 8. The molecule has 8 aromatic carbocycles. The summed E-state index contributed by atoms with van der Waals surface area (Å²) in [7, 11) is 0. The lowest BCUT2D eigenvalue weighted by Gasteiger charge is -2.25. The summed E-state index contributed by atoms with van der Waals surface area (Å²) in [4.78, 5) is 4.58. The number of aryl methyl sites for hydroxylation is 2. The Bertz CT molecular complexity index is 2210. The van der Waals surface area contributed by atoms with Crippen molar-refractivity contribution in [3.05, 3.63) is 229 Å². The fourth-order valence-corrected chi connectivity index (χ4v) is 7.07. The molecule has 0 saturated carbocycles. The summed E-state index contributed by atoms with van der Waals surface area (Å²) < 4.78 is 0. The first-order valence-electron chi connectivity index (χ1n) is 18.5. The van der Waals surface area contributed by atoms with E-state index in [0.717, 1.165) is 34.1 Å². The van der Waals surface area contributed by atoms with Crippen LogP contribution in [0.25, 0.3) is 34.4 Å². The van der Waals surface area contributed by atoms with Gasteiger partial charge in [0.05, 0.1) is 0 Å². The standard InChI is InChI=1S/C52H42N2/c1-39-37-45(43-29-33-51(34-30-43)53(47-15-7-3-8-16-47)48-17-9-4-10-18-48)27-25-41(39)23-24-42-26-28-46(38-40(42)2)44-31-35-52(36-32-44)54(49-19-11-5-12-20-49)50-21-13-6-14-22-50/h3-38H,1-2H3/b24-23+. The largest absolute Gasteiger partial charge is 0.311 e. The molecule has 0 aliphatic carbocycles. The Morgan fingerprint density at radius 3 is 0.815 bits per heavy atom. The molecule has 2 heteroatoms. The molecule has 0 radical (unpaired) electrons. The van der Waals surface area contributed by atoms with Crippen molar-refractivity contribution in [3.8, 4) is 22.3 Å². The molecule has 0 aromatic heterocycles. The van der Waals surface area contributed by atoms with Crippen molar-refractivity contribution in [2.45, 2.75) is 13.8 Å². The normalized spacial score (nSPS) is 11.1. The van der Waals surface area contributed by atoms with Gasteiger partial charge in [-0.25, -0.2) is 0 Å². The van der Waals surface area contributed by atoms with E-state index in [4.69, 9.17) is 0 Å². The van der Waals surface area contributed by atoms with E-state index >= 15 is 0 Å². The van der Waals surface area contributed by atoms with Gasteiger partial charge >= 0.3 is 0 Å². The predicted octanol–water partition coefficient (Wildman–Crippen LogP) is 14.7. The van der Waals surface area contributed by atoms with Crippen LogP contribution in [0.3, 0.4) is 0 Å². The fraction of sp³-hybridized carbons (Fsp3) is 0.0385. The van der Waals surface area contributed by atoms with Gasteiger partial charge in [0.15, 0.2) is 0 Å². The maximum absolute atomic E-state index is 2.29. The Kier molecular flexibility index (Phi) is 9.99. The van der Waals surface area contributed by atoms with Crippen LogP contribution in [0.15, 0.2) is 206 Å².